The molecule has 0 fully saturated rings. The Balaban J connectivity index is 2.35. The Morgan fingerprint density at radius 2 is 1.86 bits per heavy atom. The van der Waals surface area contributed by atoms with Gasteiger partial charge in [-0.25, -0.2) is 8.78 Å². The number of halogens is 2. The van der Waals surface area contributed by atoms with Crippen LogP contribution < -0.4 is 10.6 Å². The van der Waals surface area contributed by atoms with Crippen LogP contribution in [0.4, 0.5) is 14.5 Å². The van der Waals surface area contributed by atoms with E-state index < -0.39 is 11.6 Å². The maximum atomic E-state index is 14.2. The Morgan fingerprint density at radius 3 is 2.43 bits per heavy atom. The van der Waals surface area contributed by atoms with Gasteiger partial charge in [-0.05, 0) is 36.8 Å². The molecule has 0 aliphatic carbocycles. The molecule has 0 spiro atoms. The van der Waals surface area contributed by atoms with Gasteiger partial charge in [-0.1, -0.05) is 12.2 Å². The first-order chi connectivity index (χ1) is 10.0. The number of nitrogens with two attached hydrogens (primary N) is 1. The van der Waals surface area contributed by atoms with Crippen LogP contribution in [0.25, 0.3) is 0 Å². The van der Waals surface area contributed by atoms with Crippen molar-refractivity contribution in [1.29, 1.82) is 0 Å². The molecule has 1 aromatic heterocycles. The summed E-state index contributed by atoms with van der Waals surface area (Å²) in [5.74, 6) is -1.94. The van der Waals surface area contributed by atoms with Crippen LogP contribution in [0.3, 0.4) is 0 Å². The number of nitrogens with zero attached hydrogens (tertiary/aromatic N) is 2. The van der Waals surface area contributed by atoms with Gasteiger partial charge in [0.15, 0.2) is 11.6 Å². The first kappa shape index (κ1) is 15.3. The van der Waals surface area contributed by atoms with Gasteiger partial charge in [0.2, 0.25) is 0 Å². The number of hydrogen-bond donors (Lipinski definition) is 1. The molecule has 2 aromatic rings. The Labute approximate surface area is 127 Å². The topological polar surface area (TPSA) is 42.2 Å². The van der Waals surface area contributed by atoms with Gasteiger partial charge in [-0.2, -0.15) is 0 Å². The molecule has 0 saturated heterocycles. The lowest BCUT2D eigenvalue weighted by Crippen LogP contribution is -2.24. The Hall–Kier alpha value is -2.08. The van der Waals surface area contributed by atoms with Crippen LogP contribution in [0, 0.1) is 11.6 Å². The molecule has 3 nitrogen and oxygen atoms in total. The fourth-order valence-corrected chi connectivity index (χ4v) is 2.21. The molecule has 0 aliphatic heterocycles. The van der Waals surface area contributed by atoms with Gasteiger partial charge >= 0.3 is 0 Å². The molecule has 1 aromatic carbocycles. The van der Waals surface area contributed by atoms with Crippen molar-refractivity contribution < 1.29 is 8.78 Å². The van der Waals surface area contributed by atoms with Crippen LogP contribution in [-0.4, -0.2) is 16.5 Å². The molecule has 0 amide bonds. The molecule has 1 heterocycles. The Kier molecular flexibility index (Phi) is 4.80. The van der Waals surface area contributed by atoms with Crippen molar-refractivity contribution in [2.45, 2.75) is 13.5 Å². The third-order valence-electron chi connectivity index (χ3n) is 3.17. The highest BCUT2D eigenvalue weighted by atomic mass is 32.1. The molecule has 21 heavy (non-hydrogen) atoms. The lowest BCUT2D eigenvalue weighted by Gasteiger charge is -2.24. The van der Waals surface area contributed by atoms with Gasteiger partial charge in [0.05, 0.1) is 5.69 Å². The SMILES string of the molecule is CCN(Cc1ccncc1)c1ccc(C(N)=S)c(F)c1F. The number of anilines is 1. The van der Waals surface area contributed by atoms with Gasteiger partial charge < -0.3 is 10.6 Å². The minimum atomic E-state index is -1.01. The highest BCUT2D eigenvalue weighted by Gasteiger charge is 2.18. The van der Waals surface area contributed by atoms with Crippen LogP contribution in [0.5, 0.6) is 0 Å². The van der Waals surface area contributed by atoms with Gasteiger partial charge in [0, 0.05) is 31.0 Å². The van der Waals surface area contributed by atoms with E-state index in [0.29, 0.717) is 13.1 Å². The molecular weight excluding hydrogens is 292 g/mol. The smallest absolute Gasteiger partial charge is 0.182 e. The Bertz CT molecular complexity index is 647. The van der Waals surface area contributed by atoms with Crippen molar-refractivity contribution in [2.24, 2.45) is 5.73 Å². The van der Waals surface area contributed by atoms with Crippen molar-refractivity contribution in [3.63, 3.8) is 0 Å². The summed E-state index contributed by atoms with van der Waals surface area (Å²) in [6.45, 7) is 2.87. The third kappa shape index (κ3) is 3.33. The second-order valence-corrected chi connectivity index (χ2v) is 4.93. The van der Waals surface area contributed by atoms with Crippen molar-refractivity contribution in [3.05, 3.63) is 59.4 Å². The van der Waals surface area contributed by atoms with E-state index >= 15 is 0 Å². The second kappa shape index (κ2) is 6.58. The van der Waals surface area contributed by atoms with Gasteiger partial charge in [0.25, 0.3) is 0 Å². The first-order valence-corrected chi connectivity index (χ1v) is 6.87. The summed E-state index contributed by atoms with van der Waals surface area (Å²) in [6, 6.07) is 6.57. The van der Waals surface area contributed by atoms with E-state index in [2.05, 4.69) is 4.98 Å². The molecule has 0 bridgehead atoms. The van der Waals surface area contributed by atoms with Crippen LogP contribution in [0.1, 0.15) is 18.1 Å². The van der Waals surface area contributed by atoms with Crippen molar-refractivity contribution in [2.75, 3.05) is 11.4 Å². The molecule has 2 rings (SSSR count). The van der Waals surface area contributed by atoms with Crippen LogP contribution in [-0.2, 0) is 6.54 Å². The minimum Gasteiger partial charge on any atom is -0.389 e. The van der Waals surface area contributed by atoms with E-state index in [4.69, 9.17) is 18.0 Å². The van der Waals surface area contributed by atoms with E-state index in [1.807, 2.05) is 19.1 Å². The molecule has 0 atom stereocenters. The van der Waals surface area contributed by atoms with Gasteiger partial charge in [-0.15, -0.1) is 0 Å². The molecular formula is C15H15F2N3S. The number of pyridine rings is 1. The average molecular weight is 307 g/mol. The Morgan fingerprint density at radius 1 is 1.19 bits per heavy atom. The summed E-state index contributed by atoms with van der Waals surface area (Å²) in [7, 11) is 0. The molecule has 0 aliphatic rings. The molecule has 0 radical (unpaired) electrons. The molecule has 0 saturated carbocycles. The normalized spacial score (nSPS) is 10.4. The largest absolute Gasteiger partial charge is 0.389 e. The van der Waals surface area contributed by atoms with E-state index in [-0.39, 0.29) is 16.2 Å². The number of thiocarbonyl (C=S) groups is 1. The summed E-state index contributed by atoms with van der Waals surface area (Å²) < 4.78 is 28.2. The monoisotopic (exact) mass is 307 g/mol. The predicted molar refractivity (Wildman–Crippen MR) is 83.2 cm³/mol. The molecule has 6 heteroatoms. The first-order valence-electron chi connectivity index (χ1n) is 6.46. The number of rotatable bonds is 5. The molecule has 0 unspecified atom stereocenters. The van der Waals surface area contributed by atoms with Crippen LogP contribution in [0.15, 0.2) is 36.7 Å². The summed E-state index contributed by atoms with van der Waals surface area (Å²) in [4.78, 5) is 5.51. The summed E-state index contributed by atoms with van der Waals surface area (Å²) >= 11 is 4.70. The van der Waals surface area contributed by atoms with E-state index in [1.54, 1.807) is 17.3 Å². The van der Waals surface area contributed by atoms with Gasteiger partial charge in [-0.3, -0.25) is 4.98 Å². The van der Waals surface area contributed by atoms with Crippen molar-refractivity contribution in [1.82, 2.24) is 4.98 Å². The van der Waals surface area contributed by atoms with Crippen molar-refractivity contribution in [3.8, 4) is 0 Å². The predicted octanol–water partition coefficient (Wildman–Crippen LogP) is 3.02. The number of aromatic nitrogens is 1. The summed E-state index contributed by atoms with van der Waals surface area (Å²) in [5, 5.41) is 0. The van der Waals surface area contributed by atoms with Gasteiger partial charge in [0.1, 0.15) is 4.99 Å². The summed E-state index contributed by atoms with van der Waals surface area (Å²) in [5.41, 5.74) is 6.44. The van der Waals surface area contributed by atoms with E-state index in [9.17, 15) is 8.78 Å². The zero-order valence-corrected chi connectivity index (χ0v) is 12.3. The average Bonchev–Trinajstić information content (AvgIpc) is 2.48. The minimum absolute atomic E-state index is 0.0776. The second-order valence-electron chi connectivity index (χ2n) is 4.49. The molecule has 110 valence electrons. The van der Waals surface area contributed by atoms with E-state index in [1.165, 1.54) is 12.1 Å². The highest BCUT2D eigenvalue weighted by molar-refractivity contribution is 7.80. The maximum Gasteiger partial charge on any atom is 0.182 e. The van der Waals surface area contributed by atoms with Crippen molar-refractivity contribution >= 4 is 22.9 Å². The number of hydrogen-bond acceptors (Lipinski definition) is 3. The third-order valence-corrected chi connectivity index (χ3v) is 3.39. The molecule has 2 N–H and O–H groups in total. The fourth-order valence-electron chi connectivity index (χ4n) is 2.05. The van der Waals surface area contributed by atoms with Crippen LogP contribution >= 0.6 is 12.2 Å². The van der Waals surface area contributed by atoms with Crippen LogP contribution in [0.2, 0.25) is 0 Å². The lowest BCUT2D eigenvalue weighted by atomic mass is 10.1. The highest BCUT2D eigenvalue weighted by Crippen LogP contribution is 2.25. The zero-order valence-electron chi connectivity index (χ0n) is 11.5. The quantitative estimate of drug-likeness (QED) is 0.862. The zero-order chi connectivity index (χ0) is 15.4. The number of benzene rings is 1. The maximum absolute atomic E-state index is 14.2. The fraction of sp³-hybridized carbons (Fsp3) is 0.200. The lowest BCUT2D eigenvalue weighted by molar-refractivity contribution is 0.504. The summed E-state index contributed by atoms with van der Waals surface area (Å²) in [6.07, 6.45) is 3.33. The standard InChI is InChI=1S/C15H15F2N3S/c1-2-20(9-10-5-7-19-8-6-10)12-4-3-11(15(18)21)13(16)14(12)17/h3-8H,2,9H2,1H3,(H2,18,21). The van der Waals surface area contributed by atoms with E-state index in [0.717, 1.165) is 5.56 Å².